The van der Waals surface area contributed by atoms with Crippen molar-refractivity contribution in [2.24, 2.45) is 5.92 Å². The minimum Gasteiger partial charge on any atom is -0.508 e. The third kappa shape index (κ3) is 3.26. The third-order valence-corrected chi connectivity index (χ3v) is 3.88. The number of Topliss-reactive ketones (excluding diaryl/α,β-unsaturated/α-hetero) is 1. The number of carbonyl (C=O) groups is 1. The van der Waals surface area contributed by atoms with E-state index in [9.17, 15) is 15.0 Å². The maximum Gasteiger partial charge on any atom is 0.180 e. The summed E-state index contributed by atoms with van der Waals surface area (Å²) >= 11 is 0. The van der Waals surface area contributed by atoms with Gasteiger partial charge in [0.1, 0.15) is 11.5 Å². The Bertz CT molecular complexity index is 472. The molecule has 1 aromatic carbocycles. The molecule has 0 bridgehead atoms. The van der Waals surface area contributed by atoms with E-state index in [1.807, 2.05) is 0 Å². The number of aromatic hydroxyl groups is 2. The highest BCUT2D eigenvalue weighted by Crippen LogP contribution is 2.25. The predicted octanol–water partition coefficient (Wildman–Crippen LogP) is 2.40. The molecule has 2 unspecified atom stereocenters. The van der Waals surface area contributed by atoms with Crippen LogP contribution in [0.4, 0.5) is 0 Å². The molecule has 1 aromatic rings. The zero-order valence-electron chi connectivity index (χ0n) is 11.5. The normalized spacial score (nSPS) is 24.3. The van der Waals surface area contributed by atoms with Crippen LogP contribution >= 0.6 is 0 Å². The highest BCUT2D eigenvalue weighted by atomic mass is 16.3. The molecular formula is C15H21NO3. The lowest BCUT2D eigenvalue weighted by atomic mass is 9.94. The van der Waals surface area contributed by atoms with E-state index in [-0.39, 0.29) is 22.8 Å². The van der Waals surface area contributed by atoms with Gasteiger partial charge in [0.25, 0.3) is 0 Å². The van der Waals surface area contributed by atoms with E-state index in [0.29, 0.717) is 18.5 Å². The Hall–Kier alpha value is -1.55. The molecule has 104 valence electrons. The molecule has 1 fully saturated rings. The minimum atomic E-state index is -0.150. The van der Waals surface area contributed by atoms with Crippen LogP contribution in [-0.2, 0) is 0 Å². The zero-order valence-corrected chi connectivity index (χ0v) is 11.5. The van der Waals surface area contributed by atoms with Gasteiger partial charge in [-0.05, 0) is 37.8 Å². The Morgan fingerprint density at radius 3 is 2.74 bits per heavy atom. The van der Waals surface area contributed by atoms with Crippen molar-refractivity contribution in [1.82, 2.24) is 4.90 Å². The number of hydrogen-bond donors (Lipinski definition) is 2. The van der Waals surface area contributed by atoms with Gasteiger partial charge in [-0.1, -0.05) is 6.92 Å². The molecule has 0 amide bonds. The van der Waals surface area contributed by atoms with Gasteiger partial charge in [-0.2, -0.15) is 0 Å². The molecule has 1 aliphatic heterocycles. The van der Waals surface area contributed by atoms with Gasteiger partial charge in [-0.25, -0.2) is 0 Å². The van der Waals surface area contributed by atoms with Crippen molar-refractivity contribution in [1.29, 1.82) is 0 Å². The molecule has 0 radical (unpaired) electrons. The first-order valence-electron chi connectivity index (χ1n) is 6.76. The number of phenolic OH excluding ortho intramolecular Hbond substituents is 2. The van der Waals surface area contributed by atoms with Gasteiger partial charge in [-0.3, -0.25) is 9.69 Å². The Balaban J connectivity index is 2.07. The molecule has 19 heavy (non-hydrogen) atoms. The van der Waals surface area contributed by atoms with E-state index in [1.165, 1.54) is 24.6 Å². The SMILES string of the molecule is CC1CCC(C)N(CC(=O)c2ccc(O)cc2O)C1. The second kappa shape index (κ2) is 5.61. The summed E-state index contributed by atoms with van der Waals surface area (Å²) in [5.41, 5.74) is 0.281. The van der Waals surface area contributed by atoms with Crippen LogP contribution in [0.25, 0.3) is 0 Å². The third-order valence-electron chi connectivity index (χ3n) is 3.88. The van der Waals surface area contributed by atoms with Crippen LogP contribution in [0, 0.1) is 5.92 Å². The summed E-state index contributed by atoms with van der Waals surface area (Å²) in [6, 6.07) is 4.51. The quantitative estimate of drug-likeness (QED) is 0.822. The van der Waals surface area contributed by atoms with Crippen molar-refractivity contribution in [2.75, 3.05) is 13.1 Å². The van der Waals surface area contributed by atoms with Crippen molar-refractivity contribution >= 4 is 5.78 Å². The van der Waals surface area contributed by atoms with E-state index in [4.69, 9.17) is 0 Å². The number of piperidine rings is 1. The van der Waals surface area contributed by atoms with Gasteiger partial charge in [0.05, 0.1) is 12.1 Å². The lowest BCUT2D eigenvalue weighted by Crippen LogP contribution is -2.43. The number of benzene rings is 1. The van der Waals surface area contributed by atoms with Gasteiger partial charge in [0, 0.05) is 18.7 Å². The standard InChI is InChI=1S/C15H21NO3/c1-10-3-4-11(2)16(8-10)9-15(19)13-6-5-12(17)7-14(13)18/h5-7,10-11,17-18H,3-4,8-9H2,1-2H3. The first kappa shape index (κ1) is 13.9. The summed E-state index contributed by atoms with van der Waals surface area (Å²) in [5.74, 6) is 0.326. The van der Waals surface area contributed by atoms with Crippen molar-refractivity contribution in [3.8, 4) is 11.5 Å². The number of rotatable bonds is 3. The number of phenols is 2. The fourth-order valence-electron chi connectivity index (χ4n) is 2.63. The second-order valence-corrected chi connectivity index (χ2v) is 5.59. The molecular weight excluding hydrogens is 242 g/mol. The van der Waals surface area contributed by atoms with E-state index in [2.05, 4.69) is 18.7 Å². The molecule has 2 atom stereocenters. The highest BCUT2D eigenvalue weighted by molar-refractivity contribution is 6.00. The predicted molar refractivity (Wildman–Crippen MR) is 73.5 cm³/mol. The van der Waals surface area contributed by atoms with Gasteiger partial charge < -0.3 is 10.2 Å². The topological polar surface area (TPSA) is 60.8 Å². The van der Waals surface area contributed by atoms with Crippen LogP contribution in [-0.4, -0.2) is 40.0 Å². The number of carbonyl (C=O) groups excluding carboxylic acids is 1. The highest BCUT2D eigenvalue weighted by Gasteiger charge is 2.25. The Labute approximate surface area is 113 Å². The smallest absolute Gasteiger partial charge is 0.180 e. The molecule has 0 spiro atoms. The molecule has 1 heterocycles. The first-order valence-corrected chi connectivity index (χ1v) is 6.76. The summed E-state index contributed by atoms with van der Waals surface area (Å²) in [7, 11) is 0. The van der Waals surface area contributed by atoms with E-state index in [1.54, 1.807) is 0 Å². The largest absolute Gasteiger partial charge is 0.508 e. The maximum absolute atomic E-state index is 12.2. The van der Waals surface area contributed by atoms with Gasteiger partial charge in [0.15, 0.2) is 5.78 Å². The van der Waals surface area contributed by atoms with Crippen molar-refractivity contribution in [3.05, 3.63) is 23.8 Å². The van der Waals surface area contributed by atoms with Gasteiger partial charge in [-0.15, -0.1) is 0 Å². The fourth-order valence-corrected chi connectivity index (χ4v) is 2.63. The molecule has 0 saturated carbocycles. The Kier molecular flexibility index (Phi) is 4.10. The molecule has 4 nitrogen and oxygen atoms in total. The molecule has 2 N–H and O–H groups in total. The average Bonchev–Trinajstić information content (AvgIpc) is 2.33. The van der Waals surface area contributed by atoms with Gasteiger partial charge in [0.2, 0.25) is 0 Å². The Morgan fingerprint density at radius 1 is 1.32 bits per heavy atom. The number of nitrogens with zero attached hydrogens (tertiary/aromatic N) is 1. The summed E-state index contributed by atoms with van der Waals surface area (Å²) < 4.78 is 0. The summed E-state index contributed by atoms with van der Waals surface area (Å²) in [4.78, 5) is 14.4. The van der Waals surface area contributed by atoms with Crippen molar-refractivity contribution in [3.63, 3.8) is 0 Å². The first-order chi connectivity index (χ1) is 8.97. The molecule has 2 rings (SSSR count). The summed E-state index contributed by atoms with van der Waals surface area (Å²) in [6.07, 6.45) is 2.31. The number of likely N-dealkylation sites (tertiary alicyclic amines) is 1. The van der Waals surface area contributed by atoms with Crippen LogP contribution < -0.4 is 0 Å². The molecule has 4 heteroatoms. The van der Waals surface area contributed by atoms with Gasteiger partial charge >= 0.3 is 0 Å². The maximum atomic E-state index is 12.2. The molecule has 1 aliphatic rings. The summed E-state index contributed by atoms with van der Waals surface area (Å²) in [5, 5.41) is 18.9. The summed E-state index contributed by atoms with van der Waals surface area (Å²) in [6.45, 7) is 5.58. The van der Waals surface area contributed by atoms with Crippen molar-refractivity contribution < 1.29 is 15.0 Å². The second-order valence-electron chi connectivity index (χ2n) is 5.59. The Morgan fingerprint density at radius 2 is 2.05 bits per heavy atom. The van der Waals surface area contributed by atoms with Crippen LogP contribution in [0.1, 0.15) is 37.0 Å². The lowest BCUT2D eigenvalue weighted by Gasteiger charge is -2.36. The lowest BCUT2D eigenvalue weighted by molar-refractivity contribution is 0.0803. The van der Waals surface area contributed by atoms with E-state index < -0.39 is 0 Å². The minimum absolute atomic E-state index is 0.0333. The zero-order chi connectivity index (χ0) is 14.0. The molecule has 0 aliphatic carbocycles. The van der Waals surface area contributed by atoms with Crippen LogP contribution in [0.15, 0.2) is 18.2 Å². The monoisotopic (exact) mass is 263 g/mol. The molecule has 0 aromatic heterocycles. The number of hydrogen-bond acceptors (Lipinski definition) is 4. The number of ketones is 1. The van der Waals surface area contributed by atoms with E-state index in [0.717, 1.165) is 13.0 Å². The van der Waals surface area contributed by atoms with E-state index >= 15 is 0 Å². The molecule has 1 saturated heterocycles. The van der Waals surface area contributed by atoms with Crippen LogP contribution in [0.2, 0.25) is 0 Å². The van der Waals surface area contributed by atoms with Crippen LogP contribution in [0.5, 0.6) is 11.5 Å². The fraction of sp³-hybridized carbons (Fsp3) is 0.533. The van der Waals surface area contributed by atoms with Crippen LogP contribution in [0.3, 0.4) is 0 Å². The average molecular weight is 263 g/mol. The van der Waals surface area contributed by atoms with Crippen molar-refractivity contribution in [2.45, 2.75) is 32.7 Å².